The number of carbonyl (C=O) groups is 1. The van der Waals surface area contributed by atoms with Gasteiger partial charge in [0.05, 0.1) is 11.6 Å². The number of nitrogens with zero attached hydrogens (tertiary/aromatic N) is 1. The minimum absolute atomic E-state index is 0.0288. The lowest BCUT2D eigenvalue weighted by Crippen LogP contribution is -2.20. The minimum atomic E-state index is -0.137. The maximum Gasteiger partial charge on any atom is 0.249 e. The Morgan fingerprint density at radius 2 is 2.00 bits per heavy atom. The standard InChI is InChI=1S/C10H10N2O/c1-7-9(11-12-10(7)13)8-5-3-2-4-6-8/h2-7H,1H3,(H,12,13)/t7-/m1/s1. The zero-order valence-electron chi connectivity index (χ0n) is 7.32. The van der Waals surface area contributed by atoms with Crippen LogP contribution in [0.3, 0.4) is 0 Å². The van der Waals surface area contributed by atoms with E-state index in [1.807, 2.05) is 37.3 Å². The summed E-state index contributed by atoms with van der Waals surface area (Å²) in [5, 5.41) is 3.99. The summed E-state index contributed by atoms with van der Waals surface area (Å²) < 4.78 is 0. The molecule has 1 aliphatic heterocycles. The van der Waals surface area contributed by atoms with E-state index in [4.69, 9.17) is 0 Å². The Morgan fingerprint density at radius 3 is 2.54 bits per heavy atom. The average molecular weight is 174 g/mol. The van der Waals surface area contributed by atoms with E-state index in [1.165, 1.54) is 0 Å². The van der Waals surface area contributed by atoms with Crippen LogP contribution in [0.5, 0.6) is 0 Å². The molecule has 0 radical (unpaired) electrons. The normalized spacial score (nSPS) is 21.2. The van der Waals surface area contributed by atoms with Crippen molar-refractivity contribution in [2.45, 2.75) is 6.92 Å². The number of rotatable bonds is 1. The van der Waals surface area contributed by atoms with Gasteiger partial charge in [0, 0.05) is 0 Å². The molecule has 13 heavy (non-hydrogen) atoms. The van der Waals surface area contributed by atoms with Crippen molar-refractivity contribution in [2.75, 3.05) is 0 Å². The molecule has 0 aromatic heterocycles. The van der Waals surface area contributed by atoms with E-state index in [-0.39, 0.29) is 11.8 Å². The Kier molecular flexibility index (Phi) is 1.85. The summed E-state index contributed by atoms with van der Waals surface area (Å²) in [7, 11) is 0. The van der Waals surface area contributed by atoms with Gasteiger partial charge in [-0.2, -0.15) is 5.10 Å². The van der Waals surface area contributed by atoms with Crippen LogP contribution in [0.4, 0.5) is 0 Å². The first-order valence-corrected chi connectivity index (χ1v) is 4.22. The van der Waals surface area contributed by atoms with Gasteiger partial charge in [-0.3, -0.25) is 4.79 Å². The van der Waals surface area contributed by atoms with Crippen LogP contribution in [0.1, 0.15) is 12.5 Å². The van der Waals surface area contributed by atoms with Crippen LogP contribution in [-0.4, -0.2) is 11.6 Å². The molecular formula is C10H10N2O. The summed E-state index contributed by atoms with van der Waals surface area (Å²) in [6, 6.07) is 9.73. The maximum atomic E-state index is 11.1. The van der Waals surface area contributed by atoms with Crippen molar-refractivity contribution in [3.63, 3.8) is 0 Å². The van der Waals surface area contributed by atoms with Gasteiger partial charge in [-0.25, -0.2) is 5.43 Å². The average Bonchev–Trinajstić information content (AvgIpc) is 2.49. The maximum absolute atomic E-state index is 11.1. The van der Waals surface area contributed by atoms with E-state index in [9.17, 15) is 4.79 Å². The highest BCUT2D eigenvalue weighted by atomic mass is 16.2. The Bertz CT molecular complexity index is 356. The van der Waals surface area contributed by atoms with Crippen molar-refractivity contribution in [2.24, 2.45) is 11.0 Å². The molecule has 1 atom stereocenters. The van der Waals surface area contributed by atoms with Crippen molar-refractivity contribution >= 4 is 11.6 Å². The largest absolute Gasteiger partial charge is 0.272 e. The number of benzene rings is 1. The second-order valence-corrected chi connectivity index (χ2v) is 3.06. The summed E-state index contributed by atoms with van der Waals surface area (Å²) in [5.74, 6) is -0.166. The van der Waals surface area contributed by atoms with Gasteiger partial charge in [-0.15, -0.1) is 0 Å². The Balaban J connectivity index is 2.34. The smallest absolute Gasteiger partial charge is 0.249 e. The van der Waals surface area contributed by atoms with Gasteiger partial charge >= 0.3 is 0 Å². The van der Waals surface area contributed by atoms with E-state index in [0.29, 0.717) is 0 Å². The predicted molar refractivity (Wildman–Crippen MR) is 50.3 cm³/mol. The lowest BCUT2D eigenvalue weighted by molar-refractivity contribution is -0.121. The highest BCUT2D eigenvalue weighted by molar-refractivity contribution is 6.15. The first-order valence-electron chi connectivity index (χ1n) is 4.22. The van der Waals surface area contributed by atoms with Crippen molar-refractivity contribution in [1.29, 1.82) is 0 Å². The molecule has 0 bridgehead atoms. The van der Waals surface area contributed by atoms with Crippen molar-refractivity contribution < 1.29 is 4.79 Å². The van der Waals surface area contributed by atoms with E-state index in [1.54, 1.807) is 0 Å². The monoisotopic (exact) mass is 174 g/mol. The number of carbonyl (C=O) groups excluding carboxylic acids is 1. The van der Waals surface area contributed by atoms with E-state index in [0.717, 1.165) is 11.3 Å². The molecular weight excluding hydrogens is 164 g/mol. The molecule has 0 saturated carbocycles. The summed E-state index contributed by atoms with van der Waals surface area (Å²) >= 11 is 0. The third-order valence-corrected chi connectivity index (χ3v) is 2.16. The van der Waals surface area contributed by atoms with Crippen molar-refractivity contribution in [3.05, 3.63) is 35.9 Å². The molecule has 2 rings (SSSR count). The van der Waals surface area contributed by atoms with Crippen LogP contribution in [0.2, 0.25) is 0 Å². The molecule has 1 aliphatic rings. The lowest BCUT2D eigenvalue weighted by Gasteiger charge is -2.02. The van der Waals surface area contributed by atoms with Gasteiger partial charge in [0.15, 0.2) is 0 Å². The Morgan fingerprint density at radius 1 is 1.31 bits per heavy atom. The molecule has 3 heteroatoms. The molecule has 1 N–H and O–H groups in total. The Labute approximate surface area is 76.5 Å². The van der Waals surface area contributed by atoms with Crippen LogP contribution >= 0.6 is 0 Å². The zero-order valence-corrected chi connectivity index (χ0v) is 7.32. The Hall–Kier alpha value is -1.64. The van der Waals surface area contributed by atoms with Gasteiger partial charge in [-0.1, -0.05) is 30.3 Å². The molecule has 0 spiro atoms. The second-order valence-electron chi connectivity index (χ2n) is 3.06. The summed E-state index contributed by atoms with van der Waals surface area (Å²) in [6.07, 6.45) is 0. The van der Waals surface area contributed by atoms with E-state index >= 15 is 0 Å². The molecule has 0 saturated heterocycles. The first kappa shape index (κ1) is 7.98. The van der Waals surface area contributed by atoms with Crippen LogP contribution < -0.4 is 5.43 Å². The zero-order chi connectivity index (χ0) is 9.26. The third kappa shape index (κ3) is 1.33. The SMILES string of the molecule is C[C@H]1C(=O)NN=C1c1ccccc1. The summed E-state index contributed by atoms with van der Waals surface area (Å²) in [6.45, 7) is 1.86. The molecule has 3 nitrogen and oxygen atoms in total. The van der Waals surface area contributed by atoms with Crippen LogP contribution in [-0.2, 0) is 4.79 Å². The molecule has 1 amide bonds. The molecule has 66 valence electrons. The molecule has 0 aliphatic carbocycles. The number of hydrogen-bond donors (Lipinski definition) is 1. The van der Waals surface area contributed by atoms with Crippen LogP contribution in [0.25, 0.3) is 0 Å². The fourth-order valence-electron chi connectivity index (χ4n) is 1.36. The third-order valence-electron chi connectivity index (χ3n) is 2.16. The van der Waals surface area contributed by atoms with Gasteiger partial charge in [0.1, 0.15) is 0 Å². The summed E-state index contributed by atoms with van der Waals surface area (Å²) in [4.78, 5) is 11.1. The number of hydrazone groups is 1. The van der Waals surface area contributed by atoms with E-state index in [2.05, 4.69) is 10.5 Å². The summed E-state index contributed by atoms with van der Waals surface area (Å²) in [5.41, 5.74) is 4.30. The van der Waals surface area contributed by atoms with Gasteiger partial charge < -0.3 is 0 Å². The van der Waals surface area contributed by atoms with Crippen LogP contribution in [0, 0.1) is 5.92 Å². The molecule has 0 fully saturated rings. The quantitative estimate of drug-likeness (QED) is 0.682. The lowest BCUT2D eigenvalue weighted by atomic mass is 9.99. The van der Waals surface area contributed by atoms with Crippen molar-refractivity contribution in [1.82, 2.24) is 5.43 Å². The van der Waals surface area contributed by atoms with Crippen molar-refractivity contribution in [3.8, 4) is 0 Å². The first-order chi connectivity index (χ1) is 6.29. The molecule has 1 heterocycles. The fourth-order valence-corrected chi connectivity index (χ4v) is 1.36. The number of amides is 1. The fraction of sp³-hybridized carbons (Fsp3) is 0.200. The number of hydrogen-bond acceptors (Lipinski definition) is 2. The predicted octanol–water partition coefficient (Wildman–Crippen LogP) is 1.16. The van der Waals surface area contributed by atoms with Gasteiger partial charge in [0.2, 0.25) is 5.91 Å². The number of nitrogens with one attached hydrogen (secondary N) is 1. The van der Waals surface area contributed by atoms with Gasteiger partial charge in [0.25, 0.3) is 0 Å². The second kappa shape index (κ2) is 3.01. The molecule has 1 aromatic rings. The van der Waals surface area contributed by atoms with E-state index < -0.39 is 0 Å². The van der Waals surface area contributed by atoms with Gasteiger partial charge in [-0.05, 0) is 12.5 Å². The molecule has 1 aromatic carbocycles. The highest BCUT2D eigenvalue weighted by Gasteiger charge is 2.25. The topological polar surface area (TPSA) is 41.5 Å². The minimum Gasteiger partial charge on any atom is -0.272 e. The van der Waals surface area contributed by atoms with Crippen LogP contribution in [0.15, 0.2) is 35.4 Å². The highest BCUT2D eigenvalue weighted by Crippen LogP contribution is 2.13. The molecule has 0 unspecified atom stereocenters.